The third-order valence-electron chi connectivity index (χ3n) is 4.78. The molecule has 1 aromatic heterocycles. The van der Waals surface area contributed by atoms with Crippen LogP contribution in [0.3, 0.4) is 0 Å². The molecule has 0 aromatic carbocycles. The second kappa shape index (κ2) is 7.39. The van der Waals surface area contributed by atoms with Gasteiger partial charge in [0.05, 0.1) is 5.69 Å². The van der Waals surface area contributed by atoms with Gasteiger partial charge in [-0.25, -0.2) is 4.79 Å². The Morgan fingerprint density at radius 1 is 1.36 bits per heavy atom. The summed E-state index contributed by atoms with van der Waals surface area (Å²) in [5, 5.41) is 5.93. The van der Waals surface area contributed by atoms with Crippen LogP contribution in [0, 0.1) is 5.41 Å². The summed E-state index contributed by atoms with van der Waals surface area (Å²) in [7, 11) is 0. The molecular weight excluding hydrogens is 318 g/mol. The van der Waals surface area contributed by atoms with Gasteiger partial charge in [0.25, 0.3) is 0 Å². The lowest BCUT2D eigenvalue weighted by Gasteiger charge is -2.33. The van der Waals surface area contributed by atoms with Crippen molar-refractivity contribution < 1.29 is 9.59 Å². The summed E-state index contributed by atoms with van der Waals surface area (Å²) < 4.78 is 0. The standard InChI is InChI=1S/C18H27N5O2/c1-14(2)21-17(25)23-8-7-22(10-15-5-3-4-6-19-15)12-18(13-23)9-16(24)20-11-18/h3-6,14H,7-13H2,1-2H3,(H,20,24)(H,21,25)/t18-/m0/s1. The van der Waals surface area contributed by atoms with E-state index in [-0.39, 0.29) is 23.4 Å². The molecule has 2 N–H and O–H groups in total. The first-order chi connectivity index (χ1) is 12.0. The Labute approximate surface area is 148 Å². The largest absolute Gasteiger partial charge is 0.355 e. The number of urea groups is 1. The van der Waals surface area contributed by atoms with Crippen molar-refractivity contribution in [3.63, 3.8) is 0 Å². The summed E-state index contributed by atoms with van der Waals surface area (Å²) in [6.45, 7) is 8.08. The number of nitrogens with one attached hydrogen (secondary N) is 2. The molecule has 7 heteroatoms. The van der Waals surface area contributed by atoms with Crippen LogP contribution < -0.4 is 10.6 Å². The van der Waals surface area contributed by atoms with Crippen molar-refractivity contribution >= 4 is 11.9 Å². The summed E-state index contributed by atoms with van der Waals surface area (Å²) in [6, 6.07) is 5.95. The fourth-order valence-corrected chi connectivity index (χ4v) is 3.69. The molecule has 3 rings (SSSR count). The van der Waals surface area contributed by atoms with Gasteiger partial charge in [-0.2, -0.15) is 0 Å². The molecule has 0 aliphatic carbocycles. The average Bonchev–Trinajstić information content (AvgIpc) is 2.81. The SMILES string of the molecule is CC(C)NC(=O)N1CCN(Cc2ccccn2)C[C@]2(CNC(=O)C2)C1. The van der Waals surface area contributed by atoms with Gasteiger partial charge in [-0.3, -0.25) is 14.7 Å². The second-order valence-corrected chi connectivity index (χ2v) is 7.51. The molecule has 1 aromatic rings. The Morgan fingerprint density at radius 3 is 2.84 bits per heavy atom. The Morgan fingerprint density at radius 2 is 2.20 bits per heavy atom. The third kappa shape index (κ3) is 4.48. The van der Waals surface area contributed by atoms with Gasteiger partial charge in [0.1, 0.15) is 0 Å². The minimum atomic E-state index is -0.226. The van der Waals surface area contributed by atoms with Gasteiger partial charge < -0.3 is 15.5 Å². The van der Waals surface area contributed by atoms with Gasteiger partial charge in [-0.05, 0) is 26.0 Å². The molecule has 0 unspecified atom stereocenters. The molecule has 136 valence electrons. The molecule has 2 saturated heterocycles. The van der Waals surface area contributed by atoms with E-state index in [1.165, 1.54) is 0 Å². The Kier molecular flexibility index (Phi) is 5.22. The first-order valence-electron chi connectivity index (χ1n) is 8.90. The van der Waals surface area contributed by atoms with Crippen molar-refractivity contribution in [3.05, 3.63) is 30.1 Å². The Bertz CT molecular complexity index is 621. The predicted octanol–water partition coefficient (Wildman–Crippen LogP) is 0.824. The van der Waals surface area contributed by atoms with Crippen LogP contribution in [-0.2, 0) is 11.3 Å². The highest BCUT2D eigenvalue weighted by Crippen LogP contribution is 2.31. The number of carbonyl (C=O) groups is 2. The van der Waals surface area contributed by atoms with Crippen LogP contribution in [0.2, 0.25) is 0 Å². The van der Waals surface area contributed by atoms with Crippen LogP contribution >= 0.6 is 0 Å². The summed E-state index contributed by atoms with van der Waals surface area (Å²) in [4.78, 5) is 33.0. The minimum Gasteiger partial charge on any atom is -0.355 e. The zero-order valence-corrected chi connectivity index (χ0v) is 15.0. The molecule has 1 spiro atoms. The van der Waals surface area contributed by atoms with Crippen molar-refractivity contribution in [2.45, 2.75) is 32.9 Å². The first-order valence-corrected chi connectivity index (χ1v) is 8.90. The van der Waals surface area contributed by atoms with Crippen molar-refractivity contribution in [1.82, 2.24) is 25.4 Å². The number of pyridine rings is 1. The number of amides is 3. The van der Waals surface area contributed by atoms with Crippen LogP contribution in [0.5, 0.6) is 0 Å². The van der Waals surface area contributed by atoms with Gasteiger partial charge in [-0.15, -0.1) is 0 Å². The molecule has 1 atom stereocenters. The smallest absolute Gasteiger partial charge is 0.317 e. The molecule has 3 amide bonds. The van der Waals surface area contributed by atoms with E-state index >= 15 is 0 Å². The first kappa shape index (κ1) is 17.7. The maximum absolute atomic E-state index is 12.5. The fourth-order valence-electron chi connectivity index (χ4n) is 3.69. The highest BCUT2D eigenvalue weighted by atomic mass is 16.2. The normalized spacial score (nSPS) is 24.4. The van der Waals surface area contributed by atoms with Crippen molar-refractivity contribution in [2.75, 3.05) is 32.7 Å². The minimum absolute atomic E-state index is 0.0478. The number of hydrogen-bond donors (Lipinski definition) is 2. The summed E-state index contributed by atoms with van der Waals surface area (Å²) in [6.07, 6.45) is 2.27. The second-order valence-electron chi connectivity index (χ2n) is 7.51. The molecule has 7 nitrogen and oxygen atoms in total. The van der Waals surface area contributed by atoms with Crippen LogP contribution in [0.25, 0.3) is 0 Å². The quantitative estimate of drug-likeness (QED) is 0.850. The van der Waals surface area contributed by atoms with Gasteiger partial charge >= 0.3 is 6.03 Å². The summed E-state index contributed by atoms with van der Waals surface area (Å²) >= 11 is 0. The maximum atomic E-state index is 12.5. The van der Waals surface area contributed by atoms with Crippen LogP contribution in [0.4, 0.5) is 4.79 Å². The van der Waals surface area contributed by atoms with E-state index in [9.17, 15) is 9.59 Å². The lowest BCUT2D eigenvalue weighted by atomic mass is 9.86. The van der Waals surface area contributed by atoms with E-state index in [2.05, 4.69) is 20.5 Å². The highest BCUT2D eigenvalue weighted by molar-refractivity contribution is 5.80. The predicted molar refractivity (Wildman–Crippen MR) is 94.8 cm³/mol. The topological polar surface area (TPSA) is 77.6 Å². The third-order valence-corrected chi connectivity index (χ3v) is 4.78. The number of hydrogen-bond acceptors (Lipinski definition) is 4. The molecule has 25 heavy (non-hydrogen) atoms. The highest BCUT2D eigenvalue weighted by Gasteiger charge is 2.43. The van der Waals surface area contributed by atoms with E-state index in [4.69, 9.17) is 0 Å². The van der Waals surface area contributed by atoms with Crippen LogP contribution in [-0.4, -0.2) is 65.5 Å². The summed E-state index contributed by atoms with van der Waals surface area (Å²) in [5.41, 5.74) is 0.784. The lowest BCUT2D eigenvalue weighted by molar-refractivity contribution is -0.119. The van der Waals surface area contributed by atoms with E-state index < -0.39 is 0 Å². The molecular formula is C18H27N5O2. The Hall–Kier alpha value is -2.15. The van der Waals surface area contributed by atoms with E-state index in [0.29, 0.717) is 26.1 Å². The number of rotatable bonds is 3. The van der Waals surface area contributed by atoms with E-state index in [0.717, 1.165) is 25.3 Å². The van der Waals surface area contributed by atoms with Crippen molar-refractivity contribution in [2.24, 2.45) is 5.41 Å². The molecule has 0 radical (unpaired) electrons. The lowest BCUT2D eigenvalue weighted by Crippen LogP contribution is -2.48. The van der Waals surface area contributed by atoms with E-state index in [1.54, 1.807) is 6.20 Å². The van der Waals surface area contributed by atoms with E-state index in [1.807, 2.05) is 36.9 Å². The van der Waals surface area contributed by atoms with Crippen molar-refractivity contribution in [3.8, 4) is 0 Å². The Balaban J connectivity index is 1.75. The van der Waals surface area contributed by atoms with Crippen LogP contribution in [0.1, 0.15) is 26.0 Å². The van der Waals surface area contributed by atoms with Crippen molar-refractivity contribution in [1.29, 1.82) is 0 Å². The summed E-state index contributed by atoms with van der Waals surface area (Å²) in [5.74, 6) is 0.0731. The average molecular weight is 345 g/mol. The maximum Gasteiger partial charge on any atom is 0.317 e. The monoisotopic (exact) mass is 345 g/mol. The van der Waals surface area contributed by atoms with Crippen LogP contribution in [0.15, 0.2) is 24.4 Å². The van der Waals surface area contributed by atoms with Gasteiger partial charge in [0.2, 0.25) is 5.91 Å². The molecule has 2 fully saturated rings. The molecule has 0 saturated carbocycles. The molecule has 2 aliphatic heterocycles. The fraction of sp³-hybridized carbons (Fsp3) is 0.611. The number of carbonyl (C=O) groups excluding carboxylic acids is 2. The zero-order chi connectivity index (χ0) is 17.9. The molecule has 3 heterocycles. The number of aromatic nitrogens is 1. The van der Waals surface area contributed by atoms with Gasteiger partial charge in [0.15, 0.2) is 0 Å². The zero-order valence-electron chi connectivity index (χ0n) is 15.0. The molecule has 0 bridgehead atoms. The number of nitrogens with zero attached hydrogens (tertiary/aromatic N) is 3. The van der Waals surface area contributed by atoms with Gasteiger partial charge in [-0.1, -0.05) is 6.07 Å². The molecule has 2 aliphatic rings. The van der Waals surface area contributed by atoms with Gasteiger partial charge in [0, 0.05) is 63.3 Å².